The van der Waals surface area contributed by atoms with Gasteiger partial charge in [-0.3, -0.25) is 19.2 Å². The van der Waals surface area contributed by atoms with Gasteiger partial charge in [0.05, 0.1) is 65.7 Å². The first-order valence-electron chi connectivity index (χ1n) is 9.64. The number of aliphatic carboxylic acids is 2. The molecule has 0 atom stereocenters. The van der Waals surface area contributed by atoms with Crippen LogP contribution in [-0.4, -0.2) is 99.9 Å². The zero-order chi connectivity index (χ0) is 22.6. The molecule has 0 fully saturated rings. The van der Waals surface area contributed by atoms with Crippen LogP contribution in [0.4, 0.5) is 0 Å². The Morgan fingerprint density at radius 2 is 0.967 bits per heavy atom. The maximum Gasteiger partial charge on any atom is 0.305 e. The minimum absolute atomic E-state index is 0.0643. The largest absolute Gasteiger partial charge is 0.481 e. The standard InChI is InChI=1S/C18H32N2O10/c1-14(17(25)19-4-8-29-12-10-27-6-2-15(21)22)18(26)20-5-9-30-13-11-28-7-3-16(23)24/h14H,2-13H2,1H3,(H,19,25)(H,20,26)(H,21,22)(H,23,24). The number of rotatable bonds is 20. The van der Waals surface area contributed by atoms with Gasteiger partial charge in [-0.1, -0.05) is 0 Å². The Kier molecular flexibility index (Phi) is 17.3. The first-order chi connectivity index (χ1) is 14.3. The summed E-state index contributed by atoms with van der Waals surface area (Å²) < 4.78 is 20.5. The highest BCUT2D eigenvalue weighted by atomic mass is 16.5. The Morgan fingerprint density at radius 1 is 0.633 bits per heavy atom. The molecule has 0 heterocycles. The lowest BCUT2D eigenvalue weighted by Crippen LogP contribution is -2.41. The second-order valence-electron chi connectivity index (χ2n) is 6.04. The SMILES string of the molecule is CC(C(=O)NCCOCCOCCC(=O)O)C(=O)NCCOCCOCCC(=O)O. The number of amides is 2. The molecule has 0 radical (unpaired) electrons. The van der Waals surface area contributed by atoms with Gasteiger partial charge in [-0.2, -0.15) is 0 Å². The fraction of sp³-hybridized carbons (Fsp3) is 0.778. The summed E-state index contributed by atoms with van der Waals surface area (Å²) in [5.74, 6) is -3.58. The summed E-state index contributed by atoms with van der Waals surface area (Å²) in [4.78, 5) is 44.4. The van der Waals surface area contributed by atoms with Crippen molar-refractivity contribution in [1.29, 1.82) is 0 Å². The Balaban J connectivity index is 3.56. The van der Waals surface area contributed by atoms with E-state index in [4.69, 9.17) is 29.2 Å². The molecule has 0 unspecified atom stereocenters. The summed E-state index contributed by atoms with van der Waals surface area (Å²) >= 11 is 0. The van der Waals surface area contributed by atoms with E-state index in [2.05, 4.69) is 10.6 Å². The molecule has 0 rings (SSSR count). The van der Waals surface area contributed by atoms with Crippen molar-refractivity contribution < 1.29 is 48.3 Å². The third-order valence-electron chi connectivity index (χ3n) is 3.54. The fourth-order valence-electron chi connectivity index (χ4n) is 1.88. The Morgan fingerprint density at radius 3 is 1.30 bits per heavy atom. The average Bonchev–Trinajstić information content (AvgIpc) is 2.69. The van der Waals surface area contributed by atoms with Crippen molar-refractivity contribution in [1.82, 2.24) is 10.6 Å². The molecule has 12 heteroatoms. The number of carboxylic acid groups (broad SMARTS) is 2. The molecule has 0 bridgehead atoms. The van der Waals surface area contributed by atoms with E-state index >= 15 is 0 Å². The third-order valence-corrected chi connectivity index (χ3v) is 3.54. The first kappa shape index (κ1) is 27.7. The van der Waals surface area contributed by atoms with Crippen molar-refractivity contribution in [2.24, 2.45) is 5.92 Å². The minimum atomic E-state index is -0.927. The first-order valence-corrected chi connectivity index (χ1v) is 9.64. The molecule has 30 heavy (non-hydrogen) atoms. The topological polar surface area (TPSA) is 170 Å². The highest BCUT2D eigenvalue weighted by Gasteiger charge is 2.20. The summed E-state index contributed by atoms with van der Waals surface area (Å²) in [5.41, 5.74) is 0. The monoisotopic (exact) mass is 436 g/mol. The van der Waals surface area contributed by atoms with E-state index in [0.29, 0.717) is 0 Å². The summed E-state index contributed by atoms with van der Waals surface area (Å²) in [6.45, 7) is 3.74. The van der Waals surface area contributed by atoms with Crippen LogP contribution in [-0.2, 0) is 38.1 Å². The van der Waals surface area contributed by atoms with E-state index < -0.39 is 29.7 Å². The van der Waals surface area contributed by atoms with Crippen LogP contribution >= 0.6 is 0 Å². The van der Waals surface area contributed by atoms with Crippen molar-refractivity contribution in [3.8, 4) is 0 Å². The normalized spacial score (nSPS) is 10.7. The van der Waals surface area contributed by atoms with Gasteiger partial charge in [0.15, 0.2) is 0 Å². The molecule has 12 nitrogen and oxygen atoms in total. The van der Waals surface area contributed by atoms with Crippen molar-refractivity contribution >= 4 is 23.8 Å². The number of nitrogens with one attached hydrogen (secondary N) is 2. The molecular formula is C18H32N2O10. The van der Waals surface area contributed by atoms with Gasteiger partial charge in [0.25, 0.3) is 0 Å². The molecule has 4 N–H and O–H groups in total. The van der Waals surface area contributed by atoms with Crippen molar-refractivity contribution in [3.63, 3.8) is 0 Å². The lowest BCUT2D eigenvalue weighted by Gasteiger charge is -2.13. The second-order valence-corrected chi connectivity index (χ2v) is 6.04. The fourth-order valence-corrected chi connectivity index (χ4v) is 1.88. The predicted molar refractivity (Wildman–Crippen MR) is 103 cm³/mol. The number of carbonyl (C=O) groups is 4. The van der Waals surface area contributed by atoms with Crippen LogP contribution in [0.5, 0.6) is 0 Å². The molecule has 0 aromatic rings. The van der Waals surface area contributed by atoms with Crippen LogP contribution in [0.1, 0.15) is 19.8 Å². The third kappa shape index (κ3) is 17.8. The van der Waals surface area contributed by atoms with Crippen LogP contribution < -0.4 is 10.6 Å². The van der Waals surface area contributed by atoms with Crippen LogP contribution in [0.3, 0.4) is 0 Å². The van der Waals surface area contributed by atoms with Crippen LogP contribution in [0, 0.1) is 5.92 Å². The van der Waals surface area contributed by atoms with Gasteiger partial charge < -0.3 is 39.8 Å². The Bertz CT molecular complexity index is 471. The van der Waals surface area contributed by atoms with E-state index in [1.54, 1.807) is 0 Å². The molecule has 0 aliphatic rings. The van der Waals surface area contributed by atoms with Crippen LogP contribution in [0.2, 0.25) is 0 Å². The lowest BCUT2D eigenvalue weighted by molar-refractivity contribution is -0.139. The Hall–Kier alpha value is -2.28. The highest BCUT2D eigenvalue weighted by molar-refractivity contribution is 5.99. The van der Waals surface area contributed by atoms with E-state index in [0.717, 1.165) is 0 Å². The van der Waals surface area contributed by atoms with Gasteiger partial charge in [-0.15, -0.1) is 0 Å². The zero-order valence-electron chi connectivity index (χ0n) is 17.2. The molecule has 0 aromatic carbocycles. The van der Waals surface area contributed by atoms with Gasteiger partial charge in [-0.25, -0.2) is 0 Å². The van der Waals surface area contributed by atoms with Gasteiger partial charge in [-0.05, 0) is 6.92 Å². The maximum absolute atomic E-state index is 11.9. The summed E-state index contributed by atoms with van der Waals surface area (Å²) in [5, 5.41) is 22.0. The van der Waals surface area contributed by atoms with Crippen LogP contribution in [0.25, 0.3) is 0 Å². The molecule has 0 saturated heterocycles. The quantitative estimate of drug-likeness (QED) is 0.135. The maximum atomic E-state index is 11.9. The van der Waals surface area contributed by atoms with Gasteiger partial charge in [0, 0.05) is 13.1 Å². The van der Waals surface area contributed by atoms with Crippen LogP contribution in [0.15, 0.2) is 0 Å². The molecule has 174 valence electrons. The minimum Gasteiger partial charge on any atom is -0.481 e. The molecule has 2 amide bonds. The Labute approximate surface area is 175 Å². The summed E-state index contributed by atoms with van der Waals surface area (Å²) in [6.07, 6.45) is -0.129. The number of ether oxygens (including phenoxy) is 4. The molecule has 0 saturated carbocycles. The molecular weight excluding hydrogens is 404 g/mol. The van der Waals surface area contributed by atoms with E-state index in [1.807, 2.05) is 0 Å². The summed E-state index contributed by atoms with van der Waals surface area (Å²) in [7, 11) is 0. The molecule has 0 spiro atoms. The molecule has 0 aromatic heterocycles. The van der Waals surface area contributed by atoms with Gasteiger partial charge in [0.2, 0.25) is 11.8 Å². The van der Waals surface area contributed by atoms with Gasteiger partial charge in [0.1, 0.15) is 5.92 Å². The number of carboxylic acids is 2. The van der Waals surface area contributed by atoms with Crippen molar-refractivity contribution in [2.45, 2.75) is 19.8 Å². The summed E-state index contributed by atoms with van der Waals surface area (Å²) in [6, 6.07) is 0. The van der Waals surface area contributed by atoms with E-state index in [1.165, 1.54) is 6.92 Å². The average molecular weight is 436 g/mol. The lowest BCUT2D eigenvalue weighted by atomic mass is 10.1. The highest BCUT2D eigenvalue weighted by Crippen LogP contribution is 1.95. The number of hydrogen-bond acceptors (Lipinski definition) is 8. The van der Waals surface area contributed by atoms with E-state index in [9.17, 15) is 19.2 Å². The smallest absolute Gasteiger partial charge is 0.305 e. The van der Waals surface area contributed by atoms with E-state index in [-0.39, 0.29) is 78.8 Å². The van der Waals surface area contributed by atoms with Crippen molar-refractivity contribution in [2.75, 3.05) is 65.9 Å². The number of carbonyl (C=O) groups excluding carboxylic acids is 2. The van der Waals surface area contributed by atoms with Crippen molar-refractivity contribution in [3.05, 3.63) is 0 Å². The van der Waals surface area contributed by atoms with Gasteiger partial charge >= 0.3 is 11.9 Å². The number of hydrogen-bond donors (Lipinski definition) is 4. The second kappa shape index (κ2) is 18.7. The predicted octanol–water partition coefficient (Wildman–Crippen LogP) is -1.13. The molecule has 0 aliphatic heterocycles. The zero-order valence-corrected chi connectivity index (χ0v) is 17.2. The molecule has 0 aliphatic carbocycles.